The van der Waals surface area contributed by atoms with Crippen LogP contribution in [0.3, 0.4) is 0 Å². The van der Waals surface area contributed by atoms with Crippen LogP contribution in [0.5, 0.6) is 0 Å². The summed E-state index contributed by atoms with van der Waals surface area (Å²) in [6.07, 6.45) is 2.43. The van der Waals surface area contributed by atoms with Crippen LogP contribution in [0.1, 0.15) is 45.6 Å². The van der Waals surface area contributed by atoms with Crippen molar-refractivity contribution in [1.29, 1.82) is 0 Å². The molecule has 0 spiro atoms. The van der Waals surface area contributed by atoms with E-state index < -0.39 is 12.1 Å². The summed E-state index contributed by atoms with van der Waals surface area (Å²) in [6.45, 7) is 5.68. The zero-order valence-corrected chi connectivity index (χ0v) is 17.0. The zero-order chi connectivity index (χ0) is 20.2. The van der Waals surface area contributed by atoms with E-state index in [2.05, 4.69) is 15.5 Å². The molecule has 1 unspecified atom stereocenters. The number of halogens is 1. The average molecular weight is 396 g/mol. The van der Waals surface area contributed by atoms with Crippen LogP contribution in [0.15, 0.2) is 30.3 Å². The maximum atomic E-state index is 12.6. The molecule has 0 aliphatic heterocycles. The van der Waals surface area contributed by atoms with Gasteiger partial charge in [0.1, 0.15) is 6.04 Å². The Labute approximate surface area is 166 Å². The highest BCUT2D eigenvalue weighted by molar-refractivity contribution is 6.15. The number of nitrogens with one attached hydrogen (secondary N) is 3. The van der Waals surface area contributed by atoms with Crippen molar-refractivity contribution in [2.75, 3.05) is 6.54 Å². The molecule has 0 radical (unpaired) electrons. The second-order valence-electron chi connectivity index (χ2n) is 6.95. The third-order valence-electron chi connectivity index (χ3n) is 4.25. The van der Waals surface area contributed by atoms with Crippen molar-refractivity contribution in [3.63, 3.8) is 0 Å². The topological polar surface area (TPSA) is 87.3 Å². The molecule has 27 heavy (non-hydrogen) atoms. The molecule has 0 fully saturated rings. The fourth-order valence-corrected chi connectivity index (χ4v) is 2.93. The highest BCUT2D eigenvalue weighted by Gasteiger charge is 2.26. The Morgan fingerprint density at radius 1 is 1.04 bits per heavy atom. The first-order valence-corrected chi connectivity index (χ1v) is 9.71. The quantitative estimate of drug-likeness (QED) is 0.374. The van der Waals surface area contributed by atoms with Gasteiger partial charge in [0.05, 0.1) is 6.04 Å². The summed E-state index contributed by atoms with van der Waals surface area (Å²) in [4.78, 5) is 38.5. The number of unbranched alkanes of at least 4 members (excludes halogenated alkanes) is 1. The Hall–Kier alpha value is -1.92. The van der Waals surface area contributed by atoms with Crippen molar-refractivity contribution in [2.24, 2.45) is 5.92 Å². The fourth-order valence-electron chi connectivity index (χ4n) is 2.72. The van der Waals surface area contributed by atoms with Crippen LogP contribution in [-0.4, -0.2) is 36.2 Å². The number of amides is 2. The Bertz CT molecular complexity index is 608. The summed E-state index contributed by atoms with van der Waals surface area (Å²) >= 11 is 5.75. The second kappa shape index (κ2) is 12.5. The van der Waals surface area contributed by atoms with Crippen molar-refractivity contribution >= 4 is 29.4 Å². The molecule has 3 N–H and O–H groups in total. The van der Waals surface area contributed by atoms with Gasteiger partial charge in [0.2, 0.25) is 11.8 Å². The summed E-state index contributed by atoms with van der Waals surface area (Å²) in [7, 11) is 0. The van der Waals surface area contributed by atoms with Gasteiger partial charge < -0.3 is 10.6 Å². The molecule has 1 rings (SSSR count). The molecule has 0 saturated carbocycles. The molecule has 7 heteroatoms. The molecule has 0 saturated heterocycles. The minimum absolute atomic E-state index is 0.00816. The lowest BCUT2D eigenvalue weighted by Gasteiger charge is -2.23. The van der Waals surface area contributed by atoms with Gasteiger partial charge in [0.15, 0.2) is 5.78 Å². The largest absolute Gasteiger partial charge is 0.356 e. The Kier molecular flexibility index (Phi) is 10.7. The first kappa shape index (κ1) is 23.1. The lowest BCUT2D eigenvalue weighted by atomic mass is 9.95. The molecule has 2 amide bonds. The molecular weight excluding hydrogens is 366 g/mol. The Balaban J connectivity index is 2.64. The lowest BCUT2D eigenvalue weighted by molar-refractivity contribution is -0.130. The molecule has 2 atom stereocenters. The highest BCUT2D eigenvalue weighted by atomic mass is 35.5. The van der Waals surface area contributed by atoms with Crippen LogP contribution >= 0.6 is 11.8 Å². The molecular formula is C20H30ClN3O3. The van der Waals surface area contributed by atoms with E-state index in [1.54, 1.807) is 0 Å². The Morgan fingerprint density at radius 3 is 2.26 bits per heavy atom. The summed E-state index contributed by atoms with van der Waals surface area (Å²) in [6, 6.07) is 8.42. The minimum atomic E-state index is -0.595. The maximum Gasteiger partial charge on any atom is 0.238 e. The summed E-state index contributed by atoms with van der Waals surface area (Å²) in [5.74, 6) is -0.555. The molecule has 0 bridgehead atoms. The van der Waals surface area contributed by atoms with E-state index in [9.17, 15) is 14.4 Å². The normalized spacial score (nSPS) is 13.1. The van der Waals surface area contributed by atoms with Gasteiger partial charge in [-0.05, 0) is 43.0 Å². The van der Waals surface area contributed by atoms with Crippen molar-refractivity contribution in [1.82, 2.24) is 15.5 Å². The van der Waals surface area contributed by atoms with Crippen molar-refractivity contribution in [2.45, 2.75) is 58.5 Å². The van der Waals surface area contributed by atoms with E-state index in [1.165, 1.54) is 6.92 Å². The van der Waals surface area contributed by atoms with Crippen LogP contribution in [0.25, 0.3) is 0 Å². The number of hydrogen-bond acceptors (Lipinski definition) is 4. The third kappa shape index (κ3) is 9.02. The van der Waals surface area contributed by atoms with Gasteiger partial charge in [-0.15, -0.1) is 0 Å². The Morgan fingerprint density at radius 2 is 1.70 bits per heavy atom. The van der Waals surface area contributed by atoms with E-state index in [0.29, 0.717) is 19.4 Å². The van der Waals surface area contributed by atoms with Crippen LogP contribution in [0.2, 0.25) is 0 Å². The van der Waals surface area contributed by atoms with E-state index >= 15 is 0 Å². The SMILES string of the molecule is CC(=O)NCCCCC(NCl)C(=O)N[C@@H](Cc1ccccc1)C(=O)C(C)C. The smallest absolute Gasteiger partial charge is 0.238 e. The van der Waals surface area contributed by atoms with Crippen molar-refractivity contribution in [3.05, 3.63) is 35.9 Å². The molecule has 6 nitrogen and oxygen atoms in total. The number of carbonyl (C=O) groups is 3. The molecule has 0 aliphatic rings. The third-order valence-corrected chi connectivity index (χ3v) is 4.52. The van der Waals surface area contributed by atoms with Crippen molar-refractivity contribution < 1.29 is 14.4 Å². The van der Waals surface area contributed by atoms with Gasteiger partial charge in [0, 0.05) is 19.4 Å². The summed E-state index contributed by atoms with van der Waals surface area (Å²) in [5, 5.41) is 5.57. The number of ketones is 1. The summed E-state index contributed by atoms with van der Waals surface area (Å²) in [5.41, 5.74) is 0.988. The predicted octanol–water partition coefficient (Wildman–Crippen LogP) is 2.36. The van der Waals surface area contributed by atoms with E-state index in [-0.39, 0.29) is 23.5 Å². The number of Topliss-reactive ketones (excluding diaryl/α,β-unsaturated/α-hetero) is 1. The lowest BCUT2D eigenvalue weighted by Crippen LogP contribution is -2.50. The minimum Gasteiger partial charge on any atom is -0.356 e. The number of benzene rings is 1. The molecule has 0 heterocycles. The average Bonchev–Trinajstić information content (AvgIpc) is 2.63. The van der Waals surface area contributed by atoms with Crippen LogP contribution in [0.4, 0.5) is 0 Å². The van der Waals surface area contributed by atoms with Gasteiger partial charge >= 0.3 is 0 Å². The van der Waals surface area contributed by atoms with E-state index in [0.717, 1.165) is 18.4 Å². The van der Waals surface area contributed by atoms with Gasteiger partial charge in [-0.25, -0.2) is 4.84 Å². The van der Waals surface area contributed by atoms with Gasteiger partial charge in [-0.2, -0.15) is 0 Å². The fraction of sp³-hybridized carbons (Fsp3) is 0.550. The van der Waals surface area contributed by atoms with E-state index in [1.807, 2.05) is 44.2 Å². The number of rotatable bonds is 12. The van der Waals surface area contributed by atoms with Crippen molar-refractivity contribution in [3.8, 4) is 0 Å². The zero-order valence-electron chi connectivity index (χ0n) is 16.3. The molecule has 1 aromatic rings. The van der Waals surface area contributed by atoms with E-state index in [4.69, 9.17) is 11.8 Å². The van der Waals surface area contributed by atoms with Crippen LogP contribution in [0, 0.1) is 5.92 Å². The van der Waals surface area contributed by atoms with Crippen LogP contribution < -0.4 is 15.5 Å². The highest BCUT2D eigenvalue weighted by Crippen LogP contribution is 2.10. The number of carbonyl (C=O) groups excluding carboxylic acids is 3. The molecule has 1 aromatic carbocycles. The molecule has 0 aliphatic carbocycles. The second-order valence-corrected chi connectivity index (χ2v) is 7.17. The monoisotopic (exact) mass is 395 g/mol. The first-order valence-electron chi connectivity index (χ1n) is 9.33. The molecule has 150 valence electrons. The first-order chi connectivity index (χ1) is 12.8. The van der Waals surface area contributed by atoms with Gasteiger partial charge in [0.25, 0.3) is 0 Å². The van der Waals surface area contributed by atoms with Gasteiger partial charge in [-0.3, -0.25) is 14.4 Å². The van der Waals surface area contributed by atoms with Gasteiger partial charge in [-0.1, -0.05) is 44.2 Å². The standard InChI is InChI=1S/C20H30ClN3O3/c1-14(2)19(26)18(13-16-9-5-4-6-10-16)23-20(27)17(24-21)11-7-8-12-22-15(3)25/h4-6,9-10,14,17-18,24H,7-8,11-13H2,1-3H3,(H,22,25)(H,23,27)/t17?,18-/m0/s1. The summed E-state index contributed by atoms with van der Waals surface area (Å²) < 4.78 is 0. The number of hydrogen-bond donors (Lipinski definition) is 3. The van der Waals surface area contributed by atoms with Crippen LogP contribution in [-0.2, 0) is 20.8 Å². The molecule has 0 aromatic heterocycles. The predicted molar refractivity (Wildman–Crippen MR) is 107 cm³/mol. The maximum absolute atomic E-state index is 12.6.